The van der Waals surface area contributed by atoms with E-state index in [9.17, 15) is 14.7 Å². The van der Waals surface area contributed by atoms with Crippen molar-refractivity contribution in [2.75, 3.05) is 0 Å². The monoisotopic (exact) mass is 357 g/mol. The van der Waals surface area contributed by atoms with Crippen LogP contribution in [0.15, 0.2) is 54.6 Å². The quantitative estimate of drug-likeness (QED) is 0.818. The number of amides is 1. The molecule has 2 rings (SSSR count). The number of ether oxygens (including phenoxy) is 2. The lowest BCUT2D eigenvalue weighted by Crippen LogP contribution is -2.38. The van der Waals surface area contributed by atoms with Crippen LogP contribution in [0.5, 0.6) is 5.75 Å². The van der Waals surface area contributed by atoms with Crippen molar-refractivity contribution in [3.05, 3.63) is 65.7 Å². The van der Waals surface area contributed by atoms with E-state index in [2.05, 4.69) is 5.32 Å². The molecule has 0 aliphatic carbocycles. The average Bonchev–Trinajstić information content (AvgIpc) is 2.57. The Morgan fingerprint density at radius 2 is 1.65 bits per heavy atom. The second kappa shape index (κ2) is 8.38. The van der Waals surface area contributed by atoms with Crippen LogP contribution in [0.1, 0.15) is 37.9 Å². The van der Waals surface area contributed by atoms with E-state index in [1.54, 1.807) is 45.0 Å². The summed E-state index contributed by atoms with van der Waals surface area (Å²) in [6, 6.07) is 15.1. The van der Waals surface area contributed by atoms with Crippen molar-refractivity contribution in [1.82, 2.24) is 5.32 Å². The first-order valence-electron chi connectivity index (χ1n) is 8.23. The summed E-state index contributed by atoms with van der Waals surface area (Å²) in [5.41, 5.74) is 0.754. The van der Waals surface area contributed by atoms with Crippen molar-refractivity contribution >= 4 is 12.1 Å². The number of alkyl carbamates (subject to hydrolysis) is 1. The first-order valence-corrected chi connectivity index (χ1v) is 8.23. The van der Waals surface area contributed by atoms with Gasteiger partial charge in [0, 0.05) is 0 Å². The summed E-state index contributed by atoms with van der Waals surface area (Å²) in [5, 5.41) is 11.8. The van der Waals surface area contributed by atoms with Crippen molar-refractivity contribution < 1.29 is 24.2 Å². The molecule has 0 radical (unpaired) electrons. The Morgan fingerprint density at radius 1 is 1.04 bits per heavy atom. The van der Waals surface area contributed by atoms with Gasteiger partial charge in [0.15, 0.2) is 6.04 Å². The van der Waals surface area contributed by atoms with Gasteiger partial charge in [0.2, 0.25) is 0 Å². The van der Waals surface area contributed by atoms with Gasteiger partial charge in [-0.1, -0.05) is 42.5 Å². The zero-order valence-electron chi connectivity index (χ0n) is 15.1. The van der Waals surface area contributed by atoms with E-state index in [-0.39, 0.29) is 0 Å². The number of carbonyl (C=O) groups is 2. The molecule has 2 N–H and O–H groups in total. The maximum atomic E-state index is 11.9. The minimum atomic E-state index is -1.20. The van der Waals surface area contributed by atoms with Gasteiger partial charge in [-0.3, -0.25) is 0 Å². The van der Waals surface area contributed by atoms with Gasteiger partial charge in [-0.25, -0.2) is 9.59 Å². The minimum Gasteiger partial charge on any atom is -0.489 e. The minimum absolute atomic E-state index is 0.415. The summed E-state index contributed by atoms with van der Waals surface area (Å²) in [7, 11) is 0. The Labute approximate surface area is 152 Å². The summed E-state index contributed by atoms with van der Waals surface area (Å²) < 4.78 is 10.8. The molecule has 1 atom stereocenters. The first-order chi connectivity index (χ1) is 12.2. The van der Waals surface area contributed by atoms with Crippen LogP contribution in [-0.2, 0) is 16.1 Å². The smallest absolute Gasteiger partial charge is 0.408 e. The average molecular weight is 357 g/mol. The second-order valence-electron chi connectivity index (χ2n) is 6.76. The Kier molecular flexibility index (Phi) is 6.22. The molecule has 2 aromatic rings. The maximum Gasteiger partial charge on any atom is 0.408 e. The number of hydrogen-bond donors (Lipinski definition) is 2. The lowest BCUT2D eigenvalue weighted by atomic mass is 10.1. The second-order valence-corrected chi connectivity index (χ2v) is 6.76. The Balaban J connectivity index is 2.01. The molecule has 0 aliphatic rings. The molecule has 6 nitrogen and oxygen atoms in total. The topological polar surface area (TPSA) is 84.9 Å². The fourth-order valence-electron chi connectivity index (χ4n) is 2.21. The Hall–Kier alpha value is -3.02. The zero-order valence-corrected chi connectivity index (χ0v) is 15.1. The molecule has 0 heterocycles. The van der Waals surface area contributed by atoms with Gasteiger partial charge in [-0.15, -0.1) is 0 Å². The highest BCUT2D eigenvalue weighted by molar-refractivity contribution is 5.81. The Bertz CT molecular complexity index is 735. The molecular weight excluding hydrogens is 334 g/mol. The van der Waals surface area contributed by atoms with Gasteiger partial charge >= 0.3 is 12.1 Å². The SMILES string of the molecule is CC(C)(C)OC(=O)N[C@@H](C(=O)O)c1ccc(OCc2ccccc2)cc1. The number of rotatable bonds is 6. The molecule has 0 aromatic heterocycles. The van der Waals surface area contributed by atoms with E-state index in [1.165, 1.54) is 0 Å². The lowest BCUT2D eigenvalue weighted by Gasteiger charge is -2.22. The third kappa shape index (κ3) is 6.12. The highest BCUT2D eigenvalue weighted by Crippen LogP contribution is 2.20. The zero-order chi connectivity index (χ0) is 19.2. The first kappa shape index (κ1) is 19.3. The molecule has 0 fully saturated rings. The number of aliphatic carboxylic acids is 1. The van der Waals surface area contributed by atoms with E-state index in [0.29, 0.717) is 17.9 Å². The van der Waals surface area contributed by atoms with Crippen molar-refractivity contribution in [2.24, 2.45) is 0 Å². The van der Waals surface area contributed by atoms with Gasteiger partial charge in [-0.05, 0) is 44.0 Å². The molecule has 26 heavy (non-hydrogen) atoms. The number of carbonyl (C=O) groups excluding carboxylic acids is 1. The summed E-state index contributed by atoms with van der Waals surface area (Å²) >= 11 is 0. The fraction of sp³-hybridized carbons (Fsp3) is 0.300. The highest BCUT2D eigenvalue weighted by Gasteiger charge is 2.25. The van der Waals surface area contributed by atoms with E-state index in [0.717, 1.165) is 5.56 Å². The predicted molar refractivity (Wildman–Crippen MR) is 97.0 cm³/mol. The van der Waals surface area contributed by atoms with Crippen LogP contribution < -0.4 is 10.1 Å². The van der Waals surface area contributed by atoms with E-state index in [4.69, 9.17) is 9.47 Å². The summed E-state index contributed by atoms with van der Waals surface area (Å²) in [6.07, 6.45) is -0.783. The third-order valence-corrected chi connectivity index (χ3v) is 3.37. The van der Waals surface area contributed by atoms with E-state index < -0.39 is 23.7 Å². The van der Waals surface area contributed by atoms with Crippen molar-refractivity contribution in [1.29, 1.82) is 0 Å². The maximum absolute atomic E-state index is 11.9. The van der Waals surface area contributed by atoms with Crippen molar-refractivity contribution in [3.63, 3.8) is 0 Å². The van der Waals surface area contributed by atoms with E-state index >= 15 is 0 Å². The molecule has 0 bridgehead atoms. The molecule has 0 saturated carbocycles. The van der Waals surface area contributed by atoms with Crippen molar-refractivity contribution in [2.45, 2.75) is 39.0 Å². The molecule has 0 aliphatic heterocycles. The van der Waals surface area contributed by atoms with E-state index in [1.807, 2.05) is 30.3 Å². The van der Waals surface area contributed by atoms with Crippen molar-refractivity contribution in [3.8, 4) is 5.75 Å². The lowest BCUT2D eigenvalue weighted by molar-refractivity contribution is -0.139. The highest BCUT2D eigenvalue weighted by atomic mass is 16.6. The number of nitrogens with one attached hydrogen (secondary N) is 1. The third-order valence-electron chi connectivity index (χ3n) is 3.37. The predicted octanol–water partition coefficient (Wildman–Crippen LogP) is 3.92. The van der Waals surface area contributed by atoms with Crippen LogP contribution in [0.25, 0.3) is 0 Å². The van der Waals surface area contributed by atoms with Crippen LogP contribution in [-0.4, -0.2) is 22.8 Å². The van der Waals surface area contributed by atoms with Gasteiger partial charge < -0.3 is 19.9 Å². The molecule has 1 amide bonds. The normalized spacial score (nSPS) is 12.1. The van der Waals surface area contributed by atoms with Crippen LogP contribution in [0.2, 0.25) is 0 Å². The van der Waals surface area contributed by atoms with Gasteiger partial charge in [-0.2, -0.15) is 0 Å². The largest absolute Gasteiger partial charge is 0.489 e. The number of carboxylic acids is 1. The van der Waals surface area contributed by atoms with Gasteiger partial charge in [0.1, 0.15) is 18.0 Å². The molecule has 138 valence electrons. The summed E-state index contributed by atoms with van der Waals surface area (Å²) in [4.78, 5) is 23.3. The molecule has 0 unspecified atom stereocenters. The number of carboxylic acid groups (broad SMARTS) is 1. The van der Waals surface area contributed by atoms with Crippen LogP contribution >= 0.6 is 0 Å². The van der Waals surface area contributed by atoms with Crippen LogP contribution in [0.4, 0.5) is 4.79 Å². The molecule has 0 saturated heterocycles. The van der Waals surface area contributed by atoms with Gasteiger partial charge in [0.25, 0.3) is 0 Å². The summed E-state index contributed by atoms with van der Waals surface area (Å²) in [5.74, 6) is -0.562. The Morgan fingerprint density at radius 3 is 2.19 bits per heavy atom. The molecule has 6 heteroatoms. The number of hydrogen-bond acceptors (Lipinski definition) is 4. The molecular formula is C20H23NO5. The fourth-order valence-corrected chi connectivity index (χ4v) is 2.21. The molecule has 0 spiro atoms. The standard InChI is InChI=1S/C20H23NO5/c1-20(2,3)26-19(24)21-17(18(22)23)15-9-11-16(12-10-15)25-13-14-7-5-4-6-8-14/h4-12,17H,13H2,1-3H3,(H,21,24)(H,22,23)/t17-/m1/s1. The van der Waals surface area contributed by atoms with Gasteiger partial charge in [0.05, 0.1) is 0 Å². The molecule has 2 aromatic carbocycles. The summed E-state index contributed by atoms with van der Waals surface area (Å²) in [6.45, 7) is 5.54. The van der Waals surface area contributed by atoms with Crippen LogP contribution in [0.3, 0.4) is 0 Å². The van der Waals surface area contributed by atoms with Crippen LogP contribution in [0, 0.1) is 0 Å². The number of benzene rings is 2.